The molecule has 238 valence electrons. The third-order valence-electron chi connectivity index (χ3n) is 10.3. The summed E-state index contributed by atoms with van der Waals surface area (Å²) in [6, 6.07) is 59.8. The first-order chi connectivity index (χ1) is 25.3. The van der Waals surface area contributed by atoms with E-state index in [9.17, 15) is 0 Å². The standard InChI is InChI=1S/C47H28N2O2/c1-2-11-32(12-3-1)49(33-20-24-36-31(27-33)18-23-38-35-13-6-4-9-29(35)17-22-39(36)38)34-21-25-40-44(28-34)50-42-16-8-15-41(45(40)42)47-48-46-37-14-7-5-10-30(37)19-26-43(46)51-47/h1-28H. The van der Waals surface area contributed by atoms with Crippen LogP contribution in [0.5, 0.6) is 0 Å². The van der Waals surface area contributed by atoms with E-state index in [1.54, 1.807) is 0 Å². The van der Waals surface area contributed by atoms with Gasteiger partial charge in [-0.2, -0.15) is 0 Å². The fourth-order valence-electron chi connectivity index (χ4n) is 7.89. The molecule has 11 rings (SSSR count). The van der Waals surface area contributed by atoms with Crippen molar-refractivity contribution in [1.29, 1.82) is 0 Å². The highest BCUT2D eigenvalue weighted by atomic mass is 16.3. The minimum Gasteiger partial charge on any atom is -0.456 e. The number of anilines is 3. The van der Waals surface area contributed by atoms with E-state index in [2.05, 4.69) is 144 Å². The Morgan fingerprint density at radius 2 is 1.02 bits per heavy atom. The van der Waals surface area contributed by atoms with E-state index in [4.69, 9.17) is 13.8 Å². The largest absolute Gasteiger partial charge is 0.456 e. The van der Waals surface area contributed by atoms with Crippen molar-refractivity contribution in [3.8, 4) is 11.5 Å². The molecule has 11 aromatic rings. The van der Waals surface area contributed by atoms with E-state index < -0.39 is 0 Å². The van der Waals surface area contributed by atoms with Crippen molar-refractivity contribution < 1.29 is 8.83 Å². The van der Waals surface area contributed by atoms with E-state index in [1.165, 1.54) is 32.3 Å². The third kappa shape index (κ3) is 4.30. The van der Waals surface area contributed by atoms with Crippen LogP contribution in [0, 0.1) is 0 Å². The van der Waals surface area contributed by atoms with Gasteiger partial charge in [-0.3, -0.25) is 0 Å². The molecule has 0 fully saturated rings. The SMILES string of the molecule is c1ccc(N(c2ccc3c(ccc4c5ccccc5ccc34)c2)c2ccc3c(c2)oc2cccc(-c4nc5c(ccc6ccccc65)o4)c23)cc1. The molecule has 4 heteroatoms. The molecule has 0 spiro atoms. The fraction of sp³-hybridized carbons (Fsp3) is 0. The Balaban J connectivity index is 1.06. The fourth-order valence-corrected chi connectivity index (χ4v) is 7.89. The second-order valence-electron chi connectivity index (χ2n) is 13.1. The highest BCUT2D eigenvalue weighted by Gasteiger charge is 2.20. The molecule has 51 heavy (non-hydrogen) atoms. The summed E-state index contributed by atoms with van der Waals surface area (Å²) in [6.45, 7) is 0. The number of oxazole rings is 1. The number of nitrogens with zero attached hydrogens (tertiary/aromatic N) is 2. The molecule has 0 aliphatic heterocycles. The number of hydrogen-bond acceptors (Lipinski definition) is 4. The van der Waals surface area contributed by atoms with Crippen LogP contribution < -0.4 is 4.90 Å². The second kappa shape index (κ2) is 10.8. The van der Waals surface area contributed by atoms with Crippen molar-refractivity contribution in [2.75, 3.05) is 4.90 Å². The van der Waals surface area contributed by atoms with Crippen molar-refractivity contribution in [2.45, 2.75) is 0 Å². The average Bonchev–Trinajstić information content (AvgIpc) is 3.80. The molecule has 0 amide bonds. The molecule has 0 saturated heterocycles. The number of para-hydroxylation sites is 1. The summed E-state index contributed by atoms with van der Waals surface area (Å²) >= 11 is 0. The second-order valence-corrected chi connectivity index (χ2v) is 13.1. The topological polar surface area (TPSA) is 42.4 Å². The zero-order chi connectivity index (χ0) is 33.5. The molecule has 0 bridgehead atoms. The van der Waals surface area contributed by atoms with E-state index >= 15 is 0 Å². The first-order valence-corrected chi connectivity index (χ1v) is 17.2. The number of aromatic nitrogens is 1. The molecule has 9 aromatic carbocycles. The Morgan fingerprint density at radius 1 is 0.373 bits per heavy atom. The van der Waals surface area contributed by atoms with Gasteiger partial charge in [-0.25, -0.2) is 4.98 Å². The molecule has 0 unspecified atom stereocenters. The Morgan fingerprint density at radius 3 is 1.86 bits per heavy atom. The van der Waals surface area contributed by atoms with Gasteiger partial charge in [-0.1, -0.05) is 109 Å². The minimum absolute atomic E-state index is 0.585. The number of rotatable bonds is 4. The normalized spacial score (nSPS) is 11.9. The number of benzene rings is 9. The van der Waals surface area contributed by atoms with Crippen LogP contribution in [0.4, 0.5) is 17.1 Å². The van der Waals surface area contributed by atoms with Gasteiger partial charge in [-0.05, 0) is 92.3 Å². The Labute approximate surface area is 292 Å². The number of hydrogen-bond donors (Lipinski definition) is 0. The highest BCUT2D eigenvalue weighted by molar-refractivity contribution is 6.18. The lowest BCUT2D eigenvalue weighted by Crippen LogP contribution is -2.09. The van der Waals surface area contributed by atoms with Gasteiger partial charge in [0.05, 0.1) is 0 Å². The van der Waals surface area contributed by atoms with Crippen LogP contribution in [0.1, 0.15) is 0 Å². The number of furan rings is 1. The molecule has 0 saturated carbocycles. The molecule has 2 heterocycles. The zero-order valence-electron chi connectivity index (χ0n) is 27.4. The Kier molecular flexibility index (Phi) is 5.92. The highest BCUT2D eigenvalue weighted by Crippen LogP contribution is 2.43. The molecule has 0 N–H and O–H groups in total. The van der Waals surface area contributed by atoms with Crippen molar-refractivity contribution in [3.63, 3.8) is 0 Å². The van der Waals surface area contributed by atoms with Crippen LogP contribution in [0.25, 0.3) is 87.6 Å². The summed E-state index contributed by atoms with van der Waals surface area (Å²) in [5.74, 6) is 0.585. The maximum Gasteiger partial charge on any atom is 0.228 e. The summed E-state index contributed by atoms with van der Waals surface area (Å²) in [7, 11) is 0. The third-order valence-corrected chi connectivity index (χ3v) is 10.3. The van der Waals surface area contributed by atoms with Crippen LogP contribution >= 0.6 is 0 Å². The maximum absolute atomic E-state index is 6.58. The van der Waals surface area contributed by atoms with Gasteiger partial charge in [0, 0.05) is 44.9 Å². The van der Waals surface area contributed by atoms with Gasteiger partial charge in [0.25, 0.3) is 0 Å². The van der Waals surface area contributed by atoms with Crippen LogP contribution in [0.2, 0.25) is 0 Å². The van der Waals surface area contributed by atoms with E-state index in [-0.39, 0.29) is 0 Å². The summed E-state index contributed by atoms with van der Waals surface area (Å²) in [5, 5.41) is 11.7. The molecule has 4 nitrogen and oxygen atoms in total. The number of fused-ring (bicyclic) bond motifs is 11. The zero-order valence-corrected chi connectivity index (χ0v) is 27.4. The van der Waals surface area contributed by atoms with Gasteiger partial charge in [0.2, 0.25) is 5.89 Å². The summed E-state index contributed by atoms with van der Waals surface area (Å²) in [6.07, 6.45) is 0. The summed E-state index contributed by atoms with van der Waals surface area (Å²) < 4.78 is 13.0. The van der Waals surface area contributed by atoms with E-state index in [0.717, 1.165) is 66.4 Å². The molecular formula is C47H28N2O2. The van der Waals surface area contributed by atoms with E-state index in [0.29, 0.717) is 5.89 Å². The van der Waals surface area contributed by atoms with Crippen molar-refractivity contribution >= 4 is 93.2 Å². The van der Waals surface area contributed by atoms with Gasteiger partial charge in [0.1, 0.15) is 16.7 Å². The Hall–Kier alpha value is -6.91. The minimum atomic E-state index is 0.585. The lowest BCUT2D eigenvalue weighted by atomic mass is 9.96. The van der Waals surface area contributed by atoms with Crippen molar-refractivity contribution in [2.24, 2.45) is 0 Å². The molecule has 0 aliphatic carbocycles. The molecule has 0 radical (unpaired) electrons. The van der Waals surface area contributed by atoms with Crippen LogP contribution in [-0.2, 0) is 0 Å². The first-order valence-electron chi connectivity index (χ1n) is 17.2. The maximum atomic E-state index is 6.58. The van der Waals surface area contributed by atoms with Crippen molar-refractivity contribution in [1.82, 2.24) is 4.98 Å². The molecule has 0 aliphatic rings. The monoisotopic (exact) mass is 652 g/mol. The lowest BCUT2D eigenvalue weighted by Gasteiger charge is -2.26. The lowest BCUT2D eigenvalue weighted by molar-refractivity contribution is 0.620. The van der Waals surface area contributed by atoms with Gasteiger partial charge in [0.15, 0.2) is 5.58 Å². The van der Waals surface area contributed by atoms with E-state index in [1.807, 2.05) is 30.3 Å². The molecule has 2 aromatic heterocycles. The predicted molar refractivity (Wildman–Crippen MR) is 211 cm³/mol. The molecule has 0 atom stereocenters. The quantitative estimate of drug-likeness (QED) is 0.177. The van der Waals surface area contributed by atoms with Crippen LogP contribution in [0.15, 0.2) is 179 Å². The van der Waals surface area contributed by atoms with Gasteiger partial charge >= 0.3 is 0 Å². The average molecular weight is 653 g/mol. The summed E-state index contributed by atoms with van der Waals surface area (Å²) in [4.78, 5) is 7.31. The smallest absolute Gasteiger partial charge is 0.228 e. The first kappa shape index (κ1) is 28.0. The predicted octanol–water partition coefficient (Wildman–Crippen LogP) is 13.5. The van der Waals surface area contributed by atoms with Crippen molar-refractivity contribution in [3.05, 3.63) is 170 Å². The van der Waals surface area contributed by atoms with Gasteiger partial charge < -0.3 is 13.7 Å². The van der Waals surface area contributed by atoms with Crippen LogP contribution in [0.3, 0.4) is 0 Å². The summed E-state index contributed by atoms with van der Waals surface area (Å²) in [5.41, 5.74) is 7.29. The van der Waals surface area contributed by atoms with Crippen LogP contribution in [-0.4, -0.2) is 4.98 Å². The van der Waals surface area contributed by atoms with Gasteiger partial charge in [-0.15, -0.1) is 0 Å². The Bertz CT molecular complexity index is 3160. The molecular weight excluding hydrogens is 625 g/mol.